The second-order valence-electron chi connectivity index (χ2n) is 4.24. The Balaban J connectivity index is 2.09. The topological polar surface area (TPSA) is 97.1 Å². The van der Waals surface area contributed by atoms with E-state index < -0.39 is 18.0 Å². The maximum Gasteiger partial charge on any atom is 0.312 e. The molecule has 21 heavy (non-hydrogen) atoms. The molecule has 0 fully saturated rings. The molecule has 2 rings (SSSR count). The number of carbonyl (C=O) groups excluding carboxylic acids is 2. The van der Waals surface area contributed by atoms with Gasteiger partial charge in [-0.25, -0.2) is 9.78 Å². The van der Waals surface area contributed by atoms with Gasteiger partial charge in [0.05, 0.1) is 5.69 Å². The third-order valence-corrected chi connectivity index (χ3v) is 3.72. The van der Waals surface area contributed by atoms with Crippen molar-refractivity contribution >= 4 is 40.0 Å². The number of hydrogen-bond acceptors (Lipinski definition) is 4. The van der Waals surface area contributed by atoms with Crippen LogP contribution in [-0.2, 0) is 4.79 Å². The number of urea groups is 1. The fourth-order valence-electron chi connectivity index (χ4n) is 1.62. The summed E-state index contributed by atoms with van der Waals surface area (Å²) in [7, 11) is 0. The number of hydrogen-bond donors (Lipinski definition) is 3. The lowest BCUT2D eigenvalue weighted by molar-refractivity contribution is -0.117. The molecule has 0 radical (unpaired) electrons. The molecule has 0 spiro atoms. The number of nitrogens with zero attached hydrogens (tertiary/aromatic N) is 1. The molecule has 1 atom stereocenters. The van der Waals surface area contributed by atoms with Crippen LogP contribution in [0, 0.1) is 0 Å². The molecular weight excluding hydrogens is 312 g/mol. The first-order chi connectivity index (χ1) is 9.97. The van der Waals surface area contributed by atoms with Crippen molar-refractivity contribution in [2.24, 2.45) is 5.73 Å². The van der Waals surface area contributed by atoms with Crippen LogP contribution in [0.3, 0.4) is 0 Å². The molecule has 4 N–H and O–H groups in total. The number of carbonyl (C=O) groups is 2. The third-order valence-electron chi connectivity index (χ3n) is 2.64. The average molecular weight is 325 g/mol. The van der Waals surface area contributed by atoms with E-state index in [-0.39, 0.29) is 0 Å². The van der Waals surface area contributed by atoms with E-state index in [9.17, 15) is 9.59 Å². The van der Waals surface area contributed by atoms with E-state index in [1.54, 1.807) is 11.4 Å². The summed E-state index contributed by atoms with van der Waals surface area (Å²) >= 11 is 7.37. The number of aromatic nitrogens is 1. The Morgan fingerprint density at radius 2 is 2.10 bits per heavy atom. The van der Waals surface area contributed by atoms with Crippen molar-refractivity contribution in [3.8, 4) is 11.3 Å². The Morgan fingerprint density at radius 1 is 1.38 bits per heavy atom. The molecule has 2 aromatic rings. The first-order valence-corrected chi connectivity index (χ1v) is 7.30. The van der Waals surface area contributed by atoms with Crippen molar-refractivity contribution in [3.05, 3.63) is 34.7 Å². The van der Waals surface area contributed by atoms with E-state index >= 15 is 0 Å². The van der Waals surface area contributed by atoms with Gasteiger partial charge in [-0.15, -0.1) is 11.3 Å². The Hall–Kier alpha value is -2.12. The van der Waals surface area contributed by atoms with Gasteiger partial charge in [0, 0.05) is 16.0 Å². The molecule has 0 aliphatic rings. The number of primary amides is 1. The Labute approximate surface area is 130 Å². The van der Waals surface area contributed by atoms with E-state index in [2.05, 4.69) is 15.6 Å². The summed E-state index contributed by atoms with van der Waals surface area (Å²) in [6.45, 7) is 1.53. The van der Waals surface area contributed by atoms with Gasteiger partial charge in [0.25, 0.3) is 0 Å². The summed E-state index contributed by atoms with van der Waals surface area (Å²) in [5.74, 6) is -0.395. The van der Waals surface area contributed by atoms with Crippen LogP contribution in [0.1, 0.15) is 6.92 Å². The molecule has 1 heterocycles. The molecule has 0 aliphatic carbocycles. The van der Waals surface area contributed by atoms with Crippen LogP contribution in [0.25, 0.3) is 11.3 Å². The number of halogens is 1. The molecule has 0 aliphatic heterocycles. The molecule has 1 aromatic heterocycles. The number of nitrogens with one attached hydrogen (secondary N) is 2. The molecule has 8 heteroatoms. The van der Waals surface area contributed by atoms with Gasteiger partial charge in [-0.2, -0.15) is 0 Å². The highest BCUT2D eigenvalue weighted by Crippen LogP contribution is 2.30. The number of benzene rings is 1. The number of thiazole rings is 1. The maximum absolute atomic E-state index is 11.8. The van der Waals surface area contributed by atoms with Crippen LogP contribution in [0.2, 0.25) is 5.02 Å². The Bertz CT molecular complexity index is 674. The molecule has 0 saturated heterocycles. The number of rotatable bonds is 4. The van der Waals surface area contributed by atoms with Crippen molar-refractivity contribution in [1.29, 1.82) is 0 Å². The van der Waals surface area contributed by atoms with Crippen LogP contribution in [0.15, 0.2) is 29.6 Å². The number of nitrogens with two attached hydrogens (primary N) is 1. The fraction of sp³-hybridized carbons (Fsp3) is 0.154. The first-order valence-electron chi connectivity index (χ1n) is 6.04. The molecule has 6 nitrogen and oxygen atoms in total. The van der Waals surface area contributed by atoms with Gasteiger partial charge in [0.15, 0.2) is 5.13 Å². The van der Waals surface area contributed by atoms with Gasteiger partial charge in [-0.3, -0.25) is 4.79 Å². The molecule has 1 unspecified atom stereocenters. The summed E-state index contributed by atoms with van der Waals surface area (Å²) < 4.78 is 0. The fourth-order valence-corrected chi connectivity index (χ4v) is 2.56. The summed E-state index contributed by atoms with van der Waals surface area (Å²) in [4.78, 5) is 26.8. The molecule has 0 saturated carbocycles. The summed E-state index contributed by atoms with van der Waals surface area (Å²) in [6, 6.07) is 5.81. The van der Waals surface area contributed by atoms with E-state index in [0.29, 0.717) is 15.8 Å². The van der Waals surface area contributed by atoms with Crippen molar-refractivity contribution < 1.29 is 9.59 Å². The summed E-state index contributed by atoms with van der Waals surface area (Å²) in [5.41, 5.74) is 6.43. The van der Waals surface area contributed by atoms with Gasteiger partial charge in [-0.1, -0.05) is 29.8 Å². The number of anilines is 1. The zero-order valence-corrected chi connectivity index (χ0v) is 12.7. The van der Waals surface area contributed by atoms with E-state index in [0.717, 1.165) is 5.56 Å². The minimum Gasteiger partial charge on any atom is -0.352 e. The second kappa shape index (κ2) is 6.55. The normalized spacial score (nSPS) is 11.7. The largest absolute Gasteiger partial charge is 0.352 e. The third kappa shape index (κ3) is 3.93. The van der Waals surface area contributed by atoms with Gasteiger partial charge in [-0.05, 0) is 13.0 Å². The minimum atomic E-state index is -0.756. The quantitative estimate of drug-likeness (QED) is 0.805. The van der Waals surface area contributed by atoms with Gasteiger partial charge in [0.1, 0.15) is 6.04 Å². The molecule has 110 valence electrons. The van der Waals surface area contributed by atoms with Crippen molar-refractivity contribution in [3.63, 3.8) is 0 Å². The van der Waals surface area contributed by atoms with Crippen molar-refractivity contribution in [2.75, 3.05) is 5.32 Å². The van der Waals surface area contributed by atoms with Crippen molar-refractivity contribution in [1.82, 2.24) is 10.3 Å². The first kappa shape index (κ1) is 15.3. The van der Waals surface area contributed by atoms with Crippen molar-refractivity contribution in [2.45, 2.75) is 13.0 Å². The van der Waals surface area contributed by atoms with Crippen LogP contribution in [-0.4, -0.2) is 23.0 Å². The van der Waals surface area contributed by atoms with Crippen LogP contribution >= 0.6 is 22.9 Å². The lowest BCUT2D eigenvalue weighted by atomic mass is 10.2. The molecule has 1 aromatic carbocycles. The van der Waals surface area contributed by atoms with Gasteiger partial charge >= 0.3 is 6.03 Å². The minimum absolute atomic E-state index is 0.395. The number of amides is 3. The zero-order valence-electron chi connectivity index (χ0n) is 11.1. The zero-order chi connectivity index (χ0) is 15.4. The smallest absolute Gasteiger partial charge is 0.312 e. The predicted octanol–water partition coefficient (Wildman–Crippen LogP) is 2.46. The highest BCUT2D eigenvalue weighted by Gasteiger charge is 2.16. The maximum atomic E-state index is 11.8. The lowest BCUT2D eigenvalue weighted by Gasteiger charge is -2.10. The second-order valence-corrected chi connectivity index (χ2v) is 5.50. The van der Waals surface area contributed by atoms with Crippen LogP contribution in [0.5, 0.6) is 0 Å². The summed E-state index contributed by atoms with van der Waals surface area (Å²) in [6.07, 6.45) is 0. The van der Waals surface area contributed by atoms with Crippen LogP contribution < -0.4 is 16.4 Å². The van der Waals surface area contributed by atoms with Gasteiger partial charge in [0.2, 0.25) is 5.91 Å². The van der Waals surface area contributed by atoms with Gasteiger partial charge < -0.3 is 16.4 Å². The molecule has 3 amide bonds. The molecular formula is C13H13ClN4O2S. The summed E-state index contributed by atoms with van der Waals surface area (Å²) in [5, 5.41) is 7.71. The highest BCUT2D eigenvalue weighted by molar-refractivity contribution is 7.14. The standard InChI is InChI=1S/C13H13ClN4O2S/c1-7(16-12(15)20)11(19)18-13-17-10(6-21-13)8-4-2-3-5-9(8)14/h2-7H,1H3,(H3,15,16,20)(H,17,18,19). The lowest BCUT2D eigenvalue weighted by Crippen LogP contribution is -2.44. The Kier molecular flexibility index (Phi) is 4.77. The SMILES string of the molecule is CC(NC(N)=O)C(=O)Nc1nc(-c2ccccc2Cl)cs1. The molecule has 0 bridgehead atoms. The average Bonchev–Trinajstić information content (AvgIpc) is 2.86. The van der Waals surface area contributed by atoms with Crippen LogP contribution in [0.4, 0.5) is 9.93 Å². The predicted molar refractivity (Wildman–Crippen MR) is 83.4 cm³/mol. The van der Waals surface area contributed by atoms with E-state index in [4.69, 9.17) is 17.3 Å². The highest BCUT2D eigenvalue weighted by atomic mass is 35.5. The van der Waals surface area contributed by atoms with E-state index in [1.807, 2.05) is 18.2 Å². The Morgan fingerprint density at radius 3 is 2.76 bits per heavy atom. The monoisotopic (exact) mass is 324 g/mol. The van der Waals surface area contributed by atoms with E-state index in [1.165, 1.54) is 18.3 Å².